The SMILES string of the molecule is Cc1ccc(F)cc1CN1CCOC[C@H]1C[C@H](C)O. The summed E-state index contributed by atoms with van der Waals surface area (Å²) in [6.45, 7) is 6.67. The van der Waals surface area contributed by atoms with E-state index in [1.54, 1.807) is 13.0 Å². The van der Waals surface area contributed by atoms with E-state index in [4.69, 9.17) is 4.74 Å². The van der Waals surface area contributed by atoms with Crippen LogP contribution in [0, 0.1) is 12.7 Å². The highest BCUT2D eigenvalue weighted by molar-refractivity contribution is 5.26. The third-order valence-corrected chi connectivity index (χ3v) is 3.65. The Kier molecular flexibility index (Phi) is 4.91. The molecule has 3 nitrogen and oxygen atoms in total. The minimum atomic E-state index is -0.345. The van der Waals surface area contributed by atoms with Gasteiger partial charge >= 0.3 is 0 Å². The van der Waals surface area contributed by atoms with Crippen molar-refractivity contribution in [1.82, 2.24) is 4.90 Å². The van der Waals surface area contributed by atoms with Gasteiger partial charge in [0.2, 0.25) is 0 Å². The summed E-state index contributed by atoms with van der Waals surface area (Å²) in [5.41, 5.74) is 2.11. The van der Waals surface area contributed by atoms with E-state index in [0.717, 1.165) is 17.7 Å². The highest BCUT2D eigenvalue weighted by atomic mass is 19.1. The fraction of sp³-hybridized carbons (Fsp3) is 0.600. The molecular formula is C15H22FNO2. The second-order valence-electron chi connectivity index (χ2n) is 5.35. The molecule has 0 radical (unpaired) electrons. The molecule has 0 aromatic heterocycles. The number of halogens is 1. The number of nitrogens with zero attached hydrogens (tertiary/aromatic N) is 1. The summed E-state index contributed by atoms with van der Waals surface area (Å²) in [4.78, 5) is 2.28. The third-order valence-electron chi connectivity index (χ3n) is 3.65. The molecule has 0 unspecified atom stereocenters. The molecular weight excluding hydrogens is 245 g/mol. The van der Waals surface area contributed by atoms with Crippen molar-refractivity contribution >= 4 is 0 Å². The van der Waals surface area contributed by atoms with Crippen LogP contribution in [0.1, 0.15) is 24.5 Å². The molecule has 0 spiro atoms. The quantitative estimate of drug-likeness (QED) is 0.907. The number of hydrogen-bond donors (Lipinski definition) is 1. The van der Waals surface area contributed by atoms with E-state index in [-0.39, 0.29) is 18.0 Å². The van der Waals surface area contributed by atoms with Gasteiger partial charge in [-0.2, -0.15) is 0 Å². The van der Waals surface area contributed by atoms with Crippen molar-refractivity contribution in [2.24, 2.45) is 0 Å². The Morgan fingerprint density at radius 1 is 1.53 bits per heavy atom. The lowest BCUT2D eigenvalue weighted by molar-refractivity contribution is -0.0277. The molecule has 19 heavy (non-hydrogen) atoms. The number of aliphatic hydroxyl groups excluding tert-OH is 1. The maximum Gasteiger partial charge on any atom is 0.123 e. The molecule has 2 rings (SSSR count). The van der Waals surface area contributed by atoms with Crippen LogP contribution < -0.4 is 0 Å². The number of hydrogen-bond acceptors (Lipinski definition) is 3. The van der Waals surface area contributed by atoms with Crippen LogP contribution >= 0.6 is 0 Å². The Balaban J connectivity index is 2.08. The highest BCUT2D eigenvalue weighted by Crippen LogP contribution is 2.19. The first-order valence-electron chi connectivity index (χ1n) is 6.81. The van der Waals surface area contributed by atoms with Crippen molar-refractivity contribution < 1.29 is 14.2 Å². The van der Waals surface area contributed by atoms with Gasteiger partial charge in [-0.3, -0.25) is 4.90 Å². The fourth-order valence-electron chi connectivity index (χ4n) is 2.54. The van der Waals surface area contributed by atoms with Gasteiger partial charge in [0.1, 0.15) is 5.82 Å². The number of rotatable bonds is 4. The molecule has 1 N–H and O–H groups in total. The van der Waals surface area contributed by atoms with Crippen LogP contribution in [0.3, 0.4) is 0 Å². The van der Waals surface area contributed by atoms with E-state index >= 15 is 0 Å². The second-order valence-corrected chi connectivity index (χ2v) is 5.35. The summed E-state index contributed by atoms with van der Waals surface area (Å²) in [5, 5.41) is 9.54. The van der Waals surface area contributed by atoms with Crippen molar-refractivity contribution in [3.05, 3.63) is 35.1 Å². The fourth-order valence-corrected chi connectivity index (χ4v) is 2.54. The van der Waals surface area contributed by atoms with Crippen LogP contribution in [-0.4, -0.2) is 41.9 Å². The monoisotopic (exact) mass is 267 g/mol. The Labute approximate surface area is 114 Å². The van der Waals surface area contributed by atoms with Gasteiger partial charge < -0.3 is 9.84 Å². The van der Waals surface area contributed by atoms with Gasteiger partial charge in [0.15, 0.2) is 0 Å². The average molecular weight is 267 g/mol. The molecule has 1 aromatic rings. The standard InChI is InChI=1S/C15H22FNO2/c1-11-3-4-14(16)8-13(11)9-17-5-6-19-10-15(17)7-12(2)18/h3-4,8,12,15,18H,5-7,9-10H2,1-2H3/t12-,15+/m0/s1. The molecule has 1 heterocycles. The molecule has 0 saturated carbocycles. The number of aliphatic hydroxyl groups is 1. The van der Waals surface area contributed by atoms with Crippen molar-refractivity contribution in [3.63, 3.8) is 0 Å². The minimum absolute atomic E-state index is 0.194. The lowest BCUT2D eigenvalue weighted by Crippen LogP contribution is -2.46. The largest absolute Gasteiger partial charge is 0.393 e. The predicted octanol–water partition coefficient (Wildman–Crippen LogP) is 2.11. The van der Waals surface area contributed by atoms with Crippen molar-refractivity contribution in [2.75, 3.05) is 19.8 Å². The van der Waals surface area contributed by atoms with E-state index in [1.807, 2.05) is 13.0 Å². The first-order chi connectivity index (χ1) is 9.06. The van der Waals surface area contributed by atoms with E-state index in [9.17, 15) is 9.50 Å². The molecule has 0 bridgehead atoms. The molecule has 106 valence electrons. The molecule has 0 aliphatic carbocycles. The maximum absolute atomic E-state index is 13.3. The molecule has 4 heteroatoms. The van der Waals surface area contributed by atoms with Gasteiger partial charge in [0.05, 0.1) is 19.3 Å². The highest BCUT2D eigenvalue weighted by Gasteiger charge is 2.24. The smallest absolute Gasteiger partial charge is 0.123 e. The maximum atomic E-state index is 13.3. The van der Waals surface area contributed by atoms with E-state index < -0.39 is 0 Å². The van der Waals surface area contributed by atoms with E-state index in [0.29, 0.717) is 26.2 Å². The molecule has 1 saturated heterocycles. The summed E-state index contributed by atoms with van der Waals surface area (Å²) in [7, 11) is 0. The van der Waals surface area contributed by atoms with Crippen LogP contribution in [0.25, 0.3) is 0 Å². The van der Waals surface area contributed by atoms with Gasteiger partial charge in [0.25, 0.3) is 0 Å². The normalized spacial score (nSPS) is 22.4. The number of benzene rings is 1. The Morgan fingerprint density at radius 3 is 3.05 bits per heavy atom. The van der Waals surface area contributed by atoms with Gasteiger partial charge in [-0.15, -0.1) is 0 Å². The van der Waals surface area contributed by atoms with Gasteiger partial charge in [-0.25, -0.2) is 4.39 Å². The Morgan fingerprint density at radius 2 is 2.32 bits per heavy atom. The molecule has 1 aliphatic rings. The predicted molar refractivity (Wildman–Crippen MR) is 72.5 cm³/mol. The molecule has 0 amide bonds. The molecule has 1 aliphatic heterocycles. The Hall–Kier alpha value is -0.970. The first kappa shape index (κ1) is 14.4. The summed E-state index contributed by atoms with van der Waals surface area (Å²) < 4.78 is 18.8. The van der Waals surface area contributed by atoms with Gasteiger partial charge in [-0.05, 0) is 43.5 Å². The average Bonchev–Trinajstić information content (AvgIpc) is 2.35. The van der Waals surface area contributed by atoms with Crippen LogP contribution in [-0.2, 0) is 11.3 Å². The van der Waals surface area contributed by atoms with Crippen LogP contribution in [0.15, 0.2) is 18.2 Å². The van der Waals surface area contributed by atoms with E-state index in [2.05, 4.69) is 4.90 Å². The zero-order chi connectivity index (χ0) is 13.8. The topological polar surface area (TPSA) is 32.7 Å². The Bertz CT molecular complexity index is 423. The summed E-state index contributed by atoms with van der Waals surface area (Å²) in [6.07, 6.45) is 0.344. The van der Waals surface area contributed by atoms with Gasteiger partial charge in [0, 0.05) is 19.1 Å². The summed E-state index contributed by atoms with van der Waals surface area (Å²) >= 11 is 0. The third kappa shape index (κ3) is 4.00. The molecule has 2 atom stereocenters. The number of aryl methyl sites for hydroxylation is 1. The van der Waals surface area contributed by atoms with E-state index in [1.165, 1.54) is 6.07 Å². The molecule has 1 fully saturated rings. The zero-order valence-electron chi connectivity index (χ0n) is 11.6. The lowest BCUT2D eigenvalue weighted by atomic mass is 10.0. The van der Waals surface area contributed by atoms with Crippen LogP contribution in [0.5, 0.6) is 0 Å². The van der Waals surface area contributed by atoms with Crippen molar-refractivity contribution in [3.8, 4) is 0 Å². The summed E-state index contributed by atoms with van der Waals surface area (Å²) in [6, 6.07) is 5.11. The summed E-state index contributed by atoms with van der Waals surface area (Å²) in [5.74, 6) is -0.194. The number of ether oxygens (including phenoxy) is 1. The second kappa shape index (κ2) is 6.46. The van der Waals surface area contributed by atoms with Crippen LogP contribution in [0.2, 0.25) is 0 Å². The number of morpholine rings is 1. The first-order valence-corrected chi connectivity index (χ1v) is 6.81. The van der Waals surface area contributed by atoms with Crippen molar-refractivity contribution in [1.29, 1.82) is 0 Å². The lowest BCUT2D eigenvalue weighted by Gasteiger charge is -2.36. The zero-order valence-corrected chi connectivity index (χ0v) is 11.6. The van der Waals surface area contributed by atoms with Crippen molar-refractivity contribution in [2.45, 2.75) is 39.0 Å². The van der Waals surface area contributed by atoms with Crippen LogP contribution in [0.4, 0.5) is 4.39 Å². The minimum Gasteiger partial charge on any atom is -0.393 e. The molecule has 1 aromatic carbocycles. The van der Waals surface area contributed by atoms with Gasteiger partial charge in [-0.1, -0.05) is 6.07 Å².